The number of thiophene rings is 1. The number of aliphatic carboxylic acids is 1. The quantitative estimate of drug-likeness (QED) is 0.214. The first-order chi connectivity index (χ1) is 16.4. The number of hydrogen-bond donors (Lipinski definition) is 2. The highest BCUT2D eigenvalue weighted by Crippen LogP contribution is 2.32. The molecule has 0 saturated heterocycles. The van der Waals surface area contributed by atoms with Crippen LogP contribution in [0.5, 0.6) is 0 Å². The number of nitrogens with zero attached hydrogens (tertiary/aromatic N) is 2. The van der Waals surface area contributed by atoms with Gasteiger partial charge in [0.05, 0.1) is 11.8 Å². The van der Waals surface area contributed by atoms with Crippen LogP contribution in [-0.4, -0.2) is 42.0 Å². The zero-order valence-corrected chi connectivity index (χ0v) is 19.6. The minimum absolute atomic E-state index is 0.138. The summed E-state index contributed by atoms with van der Waals surface area (Å²) in [7, 11) is -1.92. The molecular weight excluding hydrogens is 478 g/mol. The lowest BCUT2D eigenvalue weighted by atomic mass is 10.2. The van der Waals surface area contributed by atoms with Crippen LogP contribution in [0.15, 0.2) is 83.4 Å². The lowest BCUT2D eigenvalue weighted by Gasteiger charge is -2.07. The molecule has 2 aromatic carbocycles. The van der Waals surface area contributed by atoms with Crippen LogP contribution in [0.3, 0.4) is 0 Å². The van der Waals surface area contributed by atoms with Crippen molar-refractivity contribution in [1.82, 2.24) is 14.3 Å². The molecule has 2 aromatic heterocycles. The maximum atomic E-state index is 13.3. The van der Waals surface area contributed by atoms with Crippen molar-refractivity contribution in [2.24, 2.45) is 0 Å². The van der Waals surface area contributed by atoms with Gasteiger partial charge in [0.25, 0.3) is 16.5 Å². The van der Waals surface area contributed by atoms with E-state index in [0.29, 0.717) is 28.3 Å². The normalized spacial score (nSPS) is 11.2. The Morgan fingerprint density at radius 3 is 2.53 bits per heavy atom. The number of carboxylic acids is 1. The predicted molar refractivity (Wildman–Crippen MR) is 129 cm³/mol. The number of carbonyl (C=O) groups excluding carboxylic acids is 1. The highest BCUT2D eigenvalue weighted by molar-refractivity contribution is 7.92. The third-order valence-corrected chi connectivity index (χ3v) is 7.59. The number of rotatable bonds is 8. The fourth-order valence-corrected chi connectivity index (χ4v) is 5.78. The van der Waals surface area contributed by atoms with E-state index in [4.69, 9.17) is 5.11 Å². The third-order valence-electron chi connectivity index (χ3n) is 4.38. The first-order valence-corrected chi connectivity index (χ1v) is 12.1. The van der Waals surface area contributed by atoms with E-state index in [1.807, 2.05) is 61.6 Å². The van der Waals surface area contributed by atoms with Gasteiger partial charge in [-0.1, -0.05) is 48.5 Å². The Balaban J connectivity index is 0.000000350. The Labute approximate surface area is 200 Å². The number of aromatic nitrogens is 2. The van der Waals surface area contributed by atoms with Gasteiger partial charge in [0.1, 0.15) is 10.5 Å². The lowest BCUT2D eigenvalue weighted by molar-refractivity contribution is -0.131. The summed E-state index contributed by atoms with van der Waals surface area (Å²) < 4.78 is 33.1. The summed E-state index contributed by atoms with van der Waals surface area (Å²) in [6.45, 7) is 0.633. The van der Waals surface area contributed by atoms with Crippen LogP contribution in [0.4, 0.5) is 0 Å². The number of carboxylic acid groups (broad SMARTS) is 1. The SMILES string of the molecule is CNCc1cn(S(=O)(=O)c2cc3ccccc3s2)c(-c2ccccc2)n1.O=CO/C=C/C(=O)O. The molecule has 11 heteroatoms. The number of fused-ring (bicyclic) bond motifs is 1. The second-order valence-electron chi connectivity index (χ2n) is 6.73. The molecule has 34 heavy (non-hydrogen) atoms. The molecule has 2 heterocycles. The summed E-state index contributed by atoms with van der Waals surface area (Å²) in [5, 5.41) is 11.8. The summed E-state index contributed by atoms with van der Waals surface area (Å²) in [5.74, 6) is -0.722. The van der Waals surface area contributed by atoms with Crippen LogP contribution in [0.25, 0.3) is 21.5 Å². The Hall–Kier alpha value is -3.80. The average Bonchev–Trinajstić information content (AvgIpc) is 3.46. The lowest BCUT2D eigenvalue weighted by Crippen LogP contribution is -2.12. The Morgan fingerprint density at radius 2 is 1.88 bits per heavy atom. The molecule has 0 fully saturated rings. The molecule has 0 atom stereocenters. The second kappa shape index (κ2) is 11.4. The molecular formula is C23H21N3O6S2. The maximum Gasteiger partial charge on any atom is 0.331 e. The maximum absolute atomic E-state index is 13.3. The molecule has 9 nitrogen and oxygen atoms in total. The van der Waals surface area contributed by atoms with E-state index in [9.17, 15) is 18.0 Å². The summed E-state index contributed by atoms with van der Waals surface area (Å²) in [5.41, 5.74) is 1.44. The van der Waals surface area contributed by atoms with E-state index >= 15 is 0 Å². The smallest absolute Gasteiger partial charge is 0.331 e. The molecule has 0 aliphatic heterocycles. The topological polar surface area (TPSA) is 128 Å². The summed E-state index contributed by atoms with van der Waals surface area (Å²) >= 11 is 1.27. The average molecular weight is 500 g/mol. The summed E-state index contributed by atoms with van der Waals surface area (Å²) in [4.78, 5) is 23.5. The highest BCUT2D eigenvalue weighted by Gasteiger charge is 2.25. The largest absolute Gasteiger partial charge is 0.478 e. The number of imidazole rings is 1. The van der Waals surface area contributed by atoms with Gasteiger partial charge in [0, 0.05) is 23.0 Å². The van der Waals surface area contributed by atoms with Crippen molar-refractivity contribution < 1.29 is 27.9 Å². The van der Waals surface area contributed by atoms with Crippen LogP contribution in [-0.2, 0) is 30.9 Å². The van der Waals surface area contributed by atoms with Crippen molar-refractivity contribution in [2.45, 2.75) is 10.8 Å². The molecule has 0 amide bonds. The van der Waals surface area contributed by atoms with E-state index in [-0.39, 0.29) is 6.47 Å². The highest BCUT2D eigenvalue weighted by atomic mass is 32.2. The standard InChI is InChI=1S/C19H17N3O2S2.C4H4O4/c1-20-12-16-13-22(19(21-16)14-7-3-2-4-8-14)26(23,24)18-11-15-9-5-6-10-17(15)25-18;5-3-8-2-1-4(6)7/h2-11,13,20H,12H2,1H3;1-3H,(H,6,7)/b;2-1+. The predicted octanol–water partition coefficient (Wildman–Crippen LogP) is 3.48. The third kappa shape index (κ3) is 5.95. The van der Waals surface area contributed by atoms with Crippen LogP contribution < -0.4 is 5.32 Å². The van der Waals surface area contributed by atoms with Gasteiger partial charge in [0.15, 0.2) is 5.82 Å². The van der Waals surface area contributed by atoms with Gasteiger partial charge in [0.2, 0.25) is 0 Å². The molecule has 0 spiro atoms. The van der Waals surface area contributed by atoms with Gasteiger partial charge in [-0.05, 0) is 24.6 Å². The van der Waals surface area contributed by atoms with Gasteiger partial charge in [-0.25, -0.2) is 13.8 Å². The van der Waals surface area contributed by atoms with Gasteiger partial charge in [-0.2, -0.15) is 8.42 Å². The van der Waals surface area contributed by atoms with Crippen molar-refractivity contribution in [3.63, 3.8) is 0 Å². The molecule has 0 radical (unpaired) electrons. The van der Waals surface area contributed by atoms with Crippen molar-refractivity contribution in [3.05, 3.63) is 84.9 Å². The molecule has 2 N–H and O–H groups in total. The number of benzene rings is 2. The number of nitrogens with one attached hydrogen (secondary N) is 1. The van der Waals surface area contributed by atoms with E-state index in [2.05, 4.69) is 15.0 Å². The fourth-order valence-electron chi connectivity index (χ4n) is 2.95. The Kier molecular flexibility index (Phi) is 8.30. The Morgan fingerprint density at radius 1 is 1.18 bits per heavy atom. The molecule has 4 aromatic rings. The summed E-state index contributed by atoms with van der Waals surface area (Å²) in [6.07, 6.45) is 3.10. The number of ether oxygens (including phenoxy) is 1. The van der Waals surface area contributed by atoms with Crippen LogP contribution in [0.1, 0.15) is 5.69 Å². The second-order valence-corrected chi connectivity index (χ2v) is 9.86. The first kappa shape index (κ1) is 24.8. The minimum Gasteiger partial charge on any atom is -0.478 e. The Bertz CT molecular complexity index is 1380. The van der Waals surface area contributed by atoms with Gasteiger partial charge >= 0.3 is 5.97 Å². The minimum atomic E-state index is -3.73. The van der Waals surface area contributed by atoms with Crippen molar-refractivity contribution in [2.75, 3.05) is 7.05 Å². The van der Waals surface area contributed by atoms with Crippen LogP contribution in [0, 0.1) is 0 Å². The van der Waals surface area contributed by atoms with Gasteiger partial charge < -0.3 is 15.2 Å². The zero-order valence-electron chi connectivity index (χ0n) is 18.0. The molecule has 0 aliphatic carbocycles. The fraction of sp³-hybridized carbons (Fsp3) is 0.0870. The van der Waals surface area contributed by atoms with E-state index in [0.717, 1.165) is 21.9 Å². The molecule has 176 valence electrons. The van der Waals surface area contributed by atoms with Gasteiger partial charge in [-0.3, -0.25) is 4.79 Å². The van der Waals surface area contributed by atoms with Crippen molar-refractivity contribution in [1.29, 1.82) is 0 Å². The van der Waals surface area contributed by atoms with Crippen molar-refractivity contribution in [3.8, 4) is 11.4 Å². The molecule has 0 unspecified atom stereocenters. The molecule has 4 rings (SSSR count). The zero-order chi connectivity index (χ0) is 24.6. The number of carbonyl (C=O) groups is 2. The monoisotopic (exact) mass is 499 g/mol. The van der Waals surface area contributed by atoms with Crippen molar-refractivity contribution >= 4 is 43.9 Å². The van der Waals surface area contributed by atoms with E-state index in [1.165, 1.54) is 15.3 Å². The van der Waals surface area contributed by atoms with E-state index in [1.54, 1.807) is 12.3 Å². The van der Waals surface area contributed by atoms with Crippen LogP contribution in [0.2, 0.25) is 0 Å². The first-order valence-electron chi connectivity index (χ1n) is 9.88. The van der Waals surface area contributed by atoms with Gasteiger partial charge in [-0.15, -0.1) is 11.3 Å². The molecule has 0 bridgehead atoms. The van der Waals surface area contributed by atoms with Crippen LogP contribution >= 0.6 is 11.3 Å². The number of hydrogen-bond acceptors (Lipinski definition) is 8. The summed E-state index contributed by atoms with van der Waals surface area (Å²) in [6, 6.07) is 18.8. The van der Waals surface area contributed by atoms with E-state index < -0.39 is 16.0 Å². The molecule has 0 saturated carbocycles. The molecule has 0 aliphatic rings.